The van der Waals surface area contributed by atoms with Crippen LogP contribution in [0.4, 0.5) is 0 Å². The molecule has 65 heavy (non-hydrogen) atoms. The Morgan fingerprint density at radius 1 is 0.246 bits per heavy atom. The van der Waals surface area contributed by atoms with Crippen LogP contribution >= 0.6 is 0 Å². The molecular weight excluding hydrogens is 805 g/mol. The van der Waals surface area contributed by atoms with Gasteiger partial charge in [-0.2, -0.15) is 0 Å². The van der Waals surface area contributed by atoms with Crippen LogP contribution in [0, 0.1) is 0 Å². The van der Waals surface area contributed by atoms with E-state index in [2.05, 4.69) is 20.8 Å². The number of esters is 3. The number of carbonyl (C=O) groups excluding carboxylic acids is 3. The Balaban J connectivity index is 4.19. The predicted molar refractivity (Wildman–Crippen MR) is 280 cm³/mol. The summed E-state index contributed by atoms with van der Waals surface area (Å²) in [6, 6.07) is 0. The molecule has 0 amide bonds. The fourth-order valence-corrected chi connectivity index (χ4v) is 9.15. The molecule has 0 aromatic rings. The highest BCUT2D eigenvalue weighted by Crippen LogP contribution is 2.18. The number of carbonyl (C=O) groups is 3. The van der Waals surface area contributed by atoms with Crippen LogP contribution in [0.1, 0.15) is 342 Å². The van der Waals surface area contributed by atoms with Crippen molar-refractivity contribution in [3.05, 3.63) is 0 Å². The van der Waals surface area contributed by atoms with Crippen LogP contribution in [0.5, 0.6) is 0 Å². The van der Waals surface area contributed by atoms with Gasteiger partial charge < -0.3 is 14.2 Å². The molecule has 0 radical (unpaired) electrons. The van der Waals surface area contributed by atoms with E-state index in [0.717, 1.165) is 57.8 Å². The topological polar surface area (TPSA) is 78.9 Å². The lowest BCUT2D eigenvalue weighted by molar-refractivity contribution is -0.167. The second-order valence-corrected chi connectivity index (χ2v) is 20.3. The average Bonchev–Trinajstić information content (AvgIpc) is 3.30. The van der Waals surface area contributed by atoms with Gasteiger partial charge in [-0.3, -0.25) is 14.4 Å². The average molecular weight is 920 g/mol. The maximum atomic E-state index is 12.8. The summed E-state index contributed by atoms with van der Waals surface area (Å²) in [6.45, 7) is 6.70. The predicted octanol–water partition coefficient (Wildman–Crippen LogP) is 19.5. The lowest BCUT2D eigenvalue weighted by atomic mass is 10.0. The first-order valence-corrected chi connectivity index (χ1v) is 29.5. The van der Waals surface area contributed by atoms with E-state index < -0.39 is 6.10 Å². The van der Waals surface area contributed by atoms with E-state index in [0.29, 0.717) is 19.3 Å². The van der Waals surface area contributed by atoms with Crippen molar-refractivity contribution in [3.8, 4) is 0 Å². The van der Waals surface area contributed by atoms with Gasteiger partial charge in [0.1, 0.15) is 13.2 Å². The second-order valence-electron chi connectivity index (χ2n) is 20.3. The molecule has 6 nitrogen and oxygen atoms in total. The molecule has 0 saturated heterocycles. The Morgan fingerprint density at radius 3 is 0.615 bits per heavy atom. The summed E-state index contributed by atoms with van der Waals surface area (Å²) in [5.41, 5.74) is 0. The highest BCUT2D eigenvalue weighted by atomic mass is 16.6. The van der Waals surface area contributed by atoms with Gasteiger partial charge in [0.2, 0.25) is 0 Å². The van der Waals surface area contributed by atoms with Crippen molar-refractivity contribution in [1.82, 2.24) is 0 Å². The third-order valence-corrected chi connectivity index (χ3v) is 13.6. The zero-order valence-electron chi connectivity index (χ0n) is 44.3. The van der Waals surface area contributed by atoms with Crippen molar-refractivity contribution in [2.24, 2.45) is 0 Å². The Hall–Kier alpha value is -1.59. The molecule has 386 valence electrons. The molecule has 0 aromatic carbocycles. The van der Waals surface area contributed by atoms with E-state index in [4.69, 9.17) is 14.2 Å². The molecule has 0 aliphatic heterocycles. The summed E-state index contributed by atoms with van der Waals surface area (Å²) in [4.78, 5) is 38.1. The summed E-state index contributed by atoms with van der Waals surface area (Å²) >= 11 is 0. The quantitative estimate of drug-likeness (QED) is 0.0344. The molecule has 0 aromatic heterocycles. The van der Waals surface area contributed by atoms with Gasteiger partial charge >= 0.3 is 17.9 Å². The largest absolute Gasteiger partial charge is 0.462 e. The third-order valence-electron chi connectivity index (χ3n) is 13.6. The van der Waals surface area contributed by atoms with Gasteiger partial charge in [0.25, 0.3) is 0 Å². The molecule has 1 atom stereocenters. The van der Waals surface area contributed by atoms with Crippen molar-refractivity contribution >= 4 is 17.9 Å². The molecular formula is C59H114O6. The zero-order chi connectivity index (χ0) is 47.2. The monoisotopic (exact) mass is 919 g/mol. The molecule has 0 N–H and O–H groups in total. The van der Waals surface area contributed by atoms with E-state index in [9.17, 15) is 14.4 Å². The fraction of sp³-hybridized carbons (Fsp3) is 0.949. The minimum absolute atomic E-state index is 0.0612. The maximum absolute atomic E-state index is 12.8. The zero-order valence-corrected chi connectivity index (χ0v) is 44.3. The molecule has 0 heterocycles. The number of rotatable bonds is 55. The van der Waals surface area contributed by atoms with Crippen LogP contribution in [0.2, 0.25) is 0 Å². The van der Waals surface area contributed by atoms with Crippen LogP contribution in [0.25, 0.3) is 0 Å². The normalized spacial score (nSPS) is 11.9. The summed E-state index contributed by atoms with van der Waals surface area (Å²) < 4.78 is 16.9. The highest BCUT2D eigenvalue weighted by Gasteiger charge is 2.19. The molecule has 6 heteroatoms. The Bertz CT molecular complexity index is 967. The van der Waals surface area contributed by atoms with Crippen LogP contribution in [-0.4, -0.2) is 37.2 Å². The standard InChI is InChI=1S/C59H114O6/c1-4-7-10-13-16-19-22-24-26-27-28-29-30-31-32-33-35-37-40-43-46-49-52-58(61)64-55-56(54-63-57(60)51-48-45-42-39-36-21-18-15-12-9-6-3)65-59(62)53-50-47-44-41-38-34-25-23-20-17-14-11-8-5-2/h56H,4-55H2,1-3H3. The molecule has 0 bridgehead atoms. The minimum Gasteiger partial charge on any atom is -0.462 e. The van der Waals surface area contributed by atoms with E-state index in [-0.39, 0.29) is 31.1 Å². The van der Waals surface area contributed by atoms with E-state index in [1.165, 1.54) is 244 Å². The Labute approximate surface area is 406 Å². The van der Waals surface area contributed by atoms with E-state index in [1.807, 2.05) is 0 Å². The van der Waals surface area contributed by atoms with Crippen LogP contribution in [-0.2, 0) is 28.6 Å². The smallest absolute Gasteiger partial charge is 0.306 e. The van der Waals surface area contributed by atoms with Crippen LogP contribution < -0.4 is 0 Å². The fourth-order valence-electron chi connectivity index (χ4n) is 9.15. The molecule has 0 rings (SSSR count). The van der Waals surface area contributed by atoms with Crippen LogP contribution in [0.15, 0.2) is 0 Å². The number of ether oxygens (including phenoxy) is 3. The number of unbranched alkanes of at least 4 members (excludes halogenated alkanes) is 44. The van der Waals surface area contributed by atoms with Gasteiger partial charge in [-0.25, -0.2) is 0 Å². The van der Waals surface area contributed by atoms with Gasteiger partial charge in [-0.15, -0.1) is 0 Å². The van der Waals surface area contributed by atoms with Gasteiger partial charge in [0.05, 0.1) is 0 Å². The van der Waals surface area contributed by atoms with Crippen molar-refractivity contribution in [3.63, 3.8) is 0 Å². The molecule has 0 saturated carbocycles. The molecule has 0 aliphatic rings. The highest BCUT2D eigenvalue weighted by molar-refractivity contribution is 5.71. The van der Waals surface area contributed by atoms with Gasteiger partial charge in [-0.1, -0.05) is 303 Å². The molecule has 1 unspecified atom stereocenters. The summed E-state index contributed by atoms with van der Waals surface area (Å²) in [7, 11) is 0. The lowest BCUT2D eigenvalue weighted by Gasteiger charge is -2.18. The second kappa shape index (κ2) is 55.0. The van der Waals surface area contributed by atoms with Crippen molar-refractivity contribution in [2.45, 2.75) is 348 Å². The summed E-state index contributed by atoms with van der Waals surface area (Å²) in [6.07, 6.45) is 61.0. The van der Waals surface area contributed by atoms with Gasteiger partial charge in [-0.05, 0) is 19.3 Å². The van der Waals surface area contributed by atoms with Crippen LogP contribution in [0.3, 0.4) is 0 Å². The number of hydrogen-bond donors (Lipinski definition) is 0. The first kappa shape index (κ1) is 63.4. The third kappa shape index (κ3) is 53.2. The number of hydrogen-bond acceptors (Lipinski definition) is 6. The van der Waals surface area contributed by atoms with Gasteiger partial charge in [0, 0.05) is 19.3 Å². The Kier molecular flexibility index (Phi) is 53.7. The lowest BCUT2D eigenvalue weighted by Crippen LogP contribution is -2.30. The van der Waals surface area contributed by atoms with Crippen molar-refractivity contribution in [2.75, 3.05) is 13.2 Å². The Morgan fingerprint density at radius 2 is 0.415 bits per heavy atom. The van der Waals surface area contributed by atoms with Gasteiger partial charge in [0.15, 0.2) is 6.10 Å². The first-order chi connectivity index (χ1) is 32.0. The first-order valence-electron chi connectivity index (χ1n) is 29.5. The van der Waals surface area contributed by atoms with Crippen molar-refractivity contribution in [1.29, 1.82) is 0 Å². The summed E-state index contributed by atoms with van der Waals surface area (Å²) in [5.74, 6) is -0.834. The van der Waals surface area contributed by atoms with E-state index in [1.54, 1.807) is 0 Å². The maximum Gasteiger partial charge on any atom is 0.306 e. The summed E-state index contributed by atoms with van der Waals surface area (Å²) in [5, 5.41) is 0. The van der Waals surface area contributed by atoms with Crippen molar-refractivity contribution < 1.29 is 28.6 Å². The molecule has 0 aliphatic carbocycles. The SMILES string of the molecule is CCCCCCCCCCCCCCCCCCCCCCCCC(=O)OCC(COC(=O)CCCCCCCCCCCCC)OC(=O)CCCCCCCCCCCCCCCC. The molecule has 0 fully saturated rings. The minimum atomic E-state index is -0.760. The molecule has 0 spiro atoms. The van der Waals surface area contributed by atoms with E-state index >= 15 is 0 Å².